The Kier molecular flexibility index (Phi) is 6.35. The van der Waals surface area contributed by atoms with E-state index in [0.717, 1.165) is 17.5 Å². The summed E-state index contributed by atoms with van der Waals surface area (Å²) in [6, 6.07) is 8.09. The molecule has 2 aliphatic rings. The first-order chi connectivity index (χ1) is 14.1. The Balaban J connectivity index is 1.70. The van der Waals surface area contributed by atoms with Crippen LogP contribution in [0.25, 0.3) is 0 Å². The Bertz CT molecular complexity index is 883. The Labute approximate surface area is 174 Å². The van der Waals surface area contributed by atoms with Gasteiger partial charge in [0.15, 0.2) is 0 Å². The third kappa shape index (κ3) is 4.40. The molecule has 4 rings (SSSR count). The van der Waals surface area contributed by atoms with Gasteiger partial charge in [-0.25, -0.2) is 13.8 Å². The Morgan fingerprint density at radius 2 is 2.00 bits per heavy atom. The van der Waals surface area contributed by atoms with Crippen LogP contribution in [0.5, 0.6) is 0 Å². The zero-order chi connectivity index (χ0) is 20.4. The molecule has 1 aromatic heterocycles. The molecule has 3 atom stereocenters. The van der Waals surface area contributed by atoms with E-state index in [2.05, 4.69) is 11.2 Å². The highest BCUT2D eigenvalue weighted by Crippen LogP contribution is 2.51. The van der Waals surface area contributed by atoms with Gasteiger partial charge in [0.05, 0.1) is 17.9 Å². The van der Waals surface area contributed by atoms with E-state index in [0.29, 0.717) is 22.3 Å². The van der Waals surface area contributed by atoms with Crippen molar-refractivity contribution >= 4 is 22.5 Å². The van der Waals surface area contributed by atoms with Gasteiger partial charge in [-0.15, -0.1) is 11.8 Å². The van der Waals surface area contributed by atoms with Crippen LogP contribution in [0.1, 0.15) is 61.3 Å². The van der Waals surface area contributed by atoms with Crippen molar-refractivity contribution in [2.75, 3.05) is 12.4 Å². The number of hydrogen-bond donors (Lipinski definition) is 1. The first kappa shape index (κ1) is 20.5. The molecule has 0 bridgehead atoms. The van der Waals surface area contributed by atoms with Gasteiger partial charge in [-0.05, 0) is 61.5 Å². The van der Waals surface area contributed by atoms with E-state index in [1.807, 2.05) is 18.2 Å². The molecule has 4 nitrogen and oxygen atoms in total. The SMILES string of the molecule is Cn1cc(C(=Nc2ccccc2C2CCC3CCC3C2)SCCO)c(C(F)F)n1. The third-order valence-electron chi connectivity index (χ3n) is 6.27. The predicted octanol–water partition coefficient (Wildman–Crippen LogP) is 5.46. The van der Waals surface area contributed by atoms with E-state index in [1.54, 1.807) is 13.2 Å². The second kappa shape index (κ2) is 8.96. The smallest absolute Gasteiger partial charge is 0.282 e. The number of aliphatic hydroxyl groups is 1. The minimum atomic E-state index is -2.67. The molecule has 7 heteroatoms. The Morgan fingerprint density at radius 3 is 2.69 bits per heavy atom. The van der Waals surface area contributed by atoms with E-state index in [4.69, 9.17) is 4.99 Å². The summed E-state index contributed by atoms with van der Waals surface area (Å²) >= 11 is 1.30. The van der Waals surface area contributed by atoms with Gasteiger partial charge in [-0.3, -0.25) is 4.68 Å². The van der Waals surface area contributed by atoms with Gasteiger partial charge in [0.25, 0.3) is 6.43 Å². The maximum Gasteiger partial charge on any atom is 0.282 e. The molecule has 0 saturated heterocycles. The molecule has 1 N–H and O–H groups in total. The number of hydrogen-bond acceptors (Lipinski definition) is 4. The number of rotatable bonds is 6. The van der Waals surface area contributed by atoms with Crippen LogP contribution in [0.4, 0.5) is 14.5 Å². The monoisotopic (exact) mass is 419 g/mol. The summed E-state index contributed by atoms with van der Waals surface area (Å²) in [5, 5.41) is 13.7. The molecule has 1 heterocycles. The molecule has 2 fully saturated rings. The average Bonchev–Trinajstić information content (AvgIpc) is 3.08. The highest BCUT2D eigenvalue weighted by Gasteiger charge is 2.37. The van der Waals surface area contributed by atoms with E-state index < -0.39 is 6.43 Å². The van der Waals surface area contributed by atoms with Crippen LogP contribution in [0.2, 0.25) is 0 Å². The lowest BCUT2D eigenvalue weighted by atomic mass is 9.61. The lowest BCUT2D eigenvalue weighted by molar-refractivity contribution is 0.102. The molecular formula is C22H27F2N3OS. The van der Waals surface area contributed by atoms with Crippen LogP contribution in [0.15, 0.2) is 35.5 Å². The van der Waals surface area contributed by atoms with E-state index in [1.165, 1.54) is 54.1 Å². The Hall–Kier alpha value is -1.73. The molecule has 156 valence electrons. The second-order valence-corrected chi connectivity index (χ2v) is 9.14. The minimum Gasteiger partial charge on any atom is -0.396 e. The van der Waals surface area contributed by atoms with Gasteiger partial charge in [-0.1, -0.05) is 18.2 Å². The molecule has 2 saturated carbocycles. The first-order valence-electron chi connectivity index (χ1n) is 10.3. The third-order valence-corrected chi connectivity index (χ3v) is 7.24. The van der Waals surface area contributed by atoms with Crippen molar-refractivity contribution in [3.8, 4) is 0 Å². The van der Waals surface area contributed by atoms with Crippen molar-refractivity contribution in [1.29, 1.82) is 0 Å². The molecule has 2 aliphatic carbocycles. The molecule has 0 radical (unpaired) electrons. The van der Waals surface area contributed by atoms with Crippen molar-refractivity contribution < 1.29 is 13.9 Å². The molecule has 0 aliphatic heterocycles. The summed E-state index contributed by atoms with van der Waals surface area (Å²) in [6.45, 7) is -0.0404. The summed E-state index contributed by atoms with van der Waals surface area (Å²) in [7, 11) is 1.63. The molecule has 0 spiro atoms. The number of aromatic nitrogens is 2. The number of aryl methyl sites for hydroxylation is 1. The largest absolute Gasteiger partial charge is 0.396 e. The lowest BCUT2D eigenvalue weighted by Crippen LogP contribution is -2.32. The maximum atomic E-state index is 13.5. The van der Waals surface area contributed by atoms with Crippen LogP contribution >= 0.6 is 11.8 Å². The van der Waals surface area contributed by atoms with Crippen LogP contribution in [0, 0.1) is 11.8 Å². The summed E-state index contributed by atoms with van der Waals surface area (Å²) < 4.78 is 28.5. The summed E-state index contributed by atoms with van der Waals surface area (Å²) in [5.41, 5.74) is 2.14. The van der Waals surface area contributed by atoms with Gasteiger partial charge in [-0.2, -0.15) is 5.10 Å². The number of aliphatic imine (C=N–C) groups is 1. The number of fused-ring (bicyclic) bond motifs is 1. The molecule has 0 amide bonds. The van der Waals surface area contributed by atoms with Gasteiger partial charge in [0.2, 0.25) is 0 Å². The van der Waals surface area contributed by atoms with Crippen molar-refractivity contribution in [2.45, 2.75) is 44.4 Å². The van der Waals surface area contributed by atoms with Gasteiger partial charge in [0, 0.05) is 19.0 Å². The van der Waals surface area contributed by atoms with Crippen LogP contribution in [-0.4, -0.2) is 32.3 Å². The first-order valence-corrected chi connectivity index (χ1v) is 11.3. The van der Waals surface area contributed by atoms with Gasteiger partial charge >= 0.3 is 0 Å². The summed E-state index contributed by atoms with van der Waals surface area (Å²) in [6.07, 6.45) is 5.27. The molecular weight excluding hydrogens is 392 g/mol. The fraction of sp³-hybridized carbons (Fsp3) is 0.545. The molecule has 29 heavy (non-hydrogen) atoms. The topological polar surface area (TPSA) is 50.4 Å². The molecule has 2 aromatic rings. The number of benzene rings is 1. The number of nitrogens with zero attached hydrogens (tertiary/aromatic N) is 3. The van der Waals surface area contributed by atoms with Crippen molar-refractivity contribution in [3.05, 3.63) is 47.3 Å². The lowest BCUT2D eigenvalue weighted by Gasteiger charge is -2.44. The maximum absolute atomic E-state index is 13.5. The van der Waals surface area contributed by atoms with E-state index in [-0.39, 0.29) is 12.3 Å². The summed E-state index contributed by atoms with van der Waals surface area (Å²) in [4.78, 5) is 4.84. The highest BCUT2D eigenvalue weighted by atomic mass is 32.2. The number of aliphatic hydroxyl groups excluding tert-OH is 1. The second-order valence-electron chi connectivity index (χ2n) is 8.06. The fourth-order valence-electron chi connectivity index (χ4n) is 4.70. The van der Waals surface area contributed by atoms with Crippen LogP contribution in [-0.2, 0) is 7.05 Å². The standard InChI is InChI=1S/C22H27F2N3OS/c1-27-13-18(20(26-27)21(23)24)22(29-11-10-28)25-19-5-3-2-4-17(19)16-9-7-14-6-8-15(14)12-16/h2-5,13-16,21,28H,6-12H2,1H3. The van der Waals surface area contributed by atoms with Crippen LogP contribution in [0.3, 0.4) is 0 Å². The number of thioether (sulfide) groups is 1. The minimum absolute atomic E-state index is 0.0404. The molecule has 1 aromatic carbocycles. The normalized spacial score (nSPS) is 24.4. The van der Waals surface area contributed by atoms with Gasteiger partial charge in [0.1, 0.15) is 10.7 Å². The number of para-hydroxylation sites is 1. The van der Waals surface area contributed by atoms with Crippen molar-refractivity contribution in [2.24, 2.45) is 23.9 Å². The fourth-order valence-corrected chi connectivity index (χ4v) is 5.46. The molecule has 3 unspecified atom stereocenters. The predicted molar refractivity (Wildman–Crippen MR) is 113 cm³/mol. The van der Waals surface area contributed by atoms with E-state index in [9.17, 15) is 13.9 Å². The van der Waals surface area contributed by atoms with Crippen molar-refractivity contribution in [1.82, 2.24) is 9.78 Å². The van der Waals surface area contributed by atoms with Crippen LogP contribution < -0.4 is 0 Å². The Morgan fingerprint density at radius 1 is 1.24 bits per heavy atom. The quantitative estimate of drug-likeness (QED) is 0.500. The van der Waals surface area contributed by atoms with Gasteiger partial charge < -0.3 is 5.11 Å². The summed E-state index contributed by atoms with van der Waals surface area (Å²) in [5.74, 6) is 2.61. The van der Waals surface area contributed by atoms with E-state index >= 15 is 0 Å². The number of alkyl halides is 2. The zero-order valence-corrected chi connectivity index (χ0v) is 17.4. The van der Waals surface area contributed by atoms with Crippen molar-refractivity contribution in [3.63, 3.8) is 0 Å². The zero-order valence-electron chi connectivity index (χ0n) is 16.6. The number of halogens is 2. The average molecular weight is 420 g/mol. The highest BCUT2D eigenvalue weighted by molar-refractivity contribution is 8.14.